The number of nitrogens with zero attached hydrogens (tertiary/aromatic N) is 2. The van der Waals surface area contributed by atoms with Crippen molar-refractivity contribution in [2.45, 2.75) is 44.3 Å². The van der Waals surface area contributed by atoms with Crippen LogP contribution in [0.5, 0.6) is 0 Å². The normalized spacial score (nSPS) is 25.5. The Balaban J connectivity index is 2.04. The summed E-state index contributed by atoms with van der Waals surface area (Å²) in [6.07, 6.45) is 0.858. The lowest BCUT2D eigenvalue weighted by molar-refractivity contribution is -0.137. The van der Waals surface area contributed by atoms with Crippen LogP contribution < -0.4 is 4.90 Å². The Morgan fingerprint density at radius 2 is 1.95 bits per heavy atom. The largest absolute Gasteiger partial charge is 0.418 e. The maximum atomic E-state index is 13.3. The van der Waals surface area contributed by atoms with E-state index in [4.69, 9.17) is 5.26 Å². The molecule has 2 atom stereocenters. The molecule has 21 heavy (non-hydrogen) atoms. The van der Waals surface area contributed by atoms with Crippen LogP contribution in [0, 0.1) is 17.2 Å². The number of fused-ring (bicyclic) bond motifs is 4. The average molecular weight is 294 g/mol. The number of nitriles is 1. The van der Waals surface area contributed by atoms with Crippen LogP contribution in [0.25, 0.3) is 0 Å². The predicted molar refractivity (Wildman–Crippen MR) is 73.9 cm³/mol. The van der Waals surface area contributed by atoms with Gasteiger partial charge in [0.2, 0.25) is 0 Å². The van der Waals surface area contributed by atoms with Gasteiger partial charge < -0.3 is 4.90 Å². The van der Waals surface area contributed by atoms with Gasteiger partial charge in [-0.05, 0) is 49.8 Å². The molecule has 2 aliphatic heterocycles. The van der Waals surface area contributed by atoms with Crippen LogP contribution in [0.2, 0.25) is 0 Å². The Labute approximate surface area is 122 Å². The summed E-state index contributed by atoms with van der Waals surface area (Å²) < 4.78 is 40.0. The Kier molecular flexibility index (Phi) is 3.56. The summed E-state index contributed by atoms with van der Waals surface area (Å²) in [6.45, 7) is 0.708. The molecule has 0 spiro atoms. The third kappa shape index (κ3) is 2.72. The van der Waals surface area contributed by atoms with Crippen LogP contribution in [0.4, 0.5) is 18.9 Å². The van der Waals surface area contributed by atoms with Gasteiger partial charge in [-0.25, -0.2) is 0 Å². The zero-order valence-electron chi connectivity index (χ0n) is 11.7. The van der Waals surface area contributed by atoms with E-state index in [-0.39, 0.29) is 17.3 Å². The number of hydrogen-bond acceptors (Lipinski definition) is 2. The topological polar surface area (TPSA) is 27.0 Å². The minimum atomic E-state index is -4.42. The van der Waals surface area contributed by atoms with E-state index >= 15 is 0 Å². The van der Waals surface area contributed by atoms with Crippen LogP contribution >= 0.6 is 0 Å². The lowest BCUT2D eigenvalue weighted by Crippen LogP contribution is -2.42. The van der Waals surface area contributed by atoms with E-state index in [1.54, 1.807) is 6.07 Å². The fourth-order valence-corrected chi connectivity index (χ4v) is 3.66. The molecule has 0 N–H and O–H groups in total. The molecule has 2 unspecified atom stereocenters. The maximum Gasteiger partial charge on any atom is 0.418 e. The molecular formula is C16H17F3N2. The monoisotopic (exact) mass is 294 g/mol. The molecule has 0 aromatic heterocycles. The molecule has 2 bridgehead atoms. The highest BCUT2D eigenvalue weighted by molar-refractivity contribution is 5.59. The van der Waals surface area contributed by atoms with Gasteiger partial charge in [-0.2, -0.15) is 18.4 Å². The molecule has 2 nitrogen and oxygen atoms in total. The smallest absolute Gasteiger partial charge is 0.368 e. The third-order valence-electron chi connectivity index (χ3n) is 4.69. The van der Waals surface area contributed by atoms with Gasteiger partial charge in [0.1, 0.15) is 0 Å². The van der Waals surface area contributed by atoms with Gasteiger partial charge in [-0.3, -0.25) is 0 Å². The molecule has 0 radical (unpaired) electrons. The summed E-state index contributed by atoms with van der Waals surface area (Å²) in [6, 6.07) is 5.95. The molecule has 1 saturated carbocycles. The van der Waals surface area contributed by atoms with Crippen LogP contribution in [0.15, 0.2) is 18.2 Å². The van der Waals surface area contributed by atoms with Crippen molar-refractivity contribution >= 4 is 5.69 Å². The van der Waals surface area contributed by atoms with E-state index in [2.05, 4.69) is 0 Å². The molecule has 3 aliphatic rings. The van der Waals surface area contributed by atoms with Gasteiger partial charge in [0.05, 0.1) is 17.2 Å². The van der Waals surface area contributed by atoms with Crippen molar-refractivity contribution in [3.63, 3.8) is 0 Å². The number of hydrogen-bond donors (Lipinski definition) is 0. The first-order valence-electron chi connectivity index (χ1n) is 7.37. The summed E-state index contributed by atoms with van der Waals surface area (Å²) >= 11 is 0. The van der Waals surface area contributed by atoms with Crippen molar-refractivity contribution < 1.29 is 13.2 Å². The highest BCUT2D eigenvalue weighted by atomic mass is 19.4. The van der Waals surface area contributed by atoms with E-state index < -0.39 is 11.7 Å². The standard InChI is InChI=1S/C16H17F3N2/c17-16(18,19)14-8-12(9-20)5-7-15(14)21-10-11-2-1-3-13(21)6-4-11/h5,7-8,11,13H,1-4,6,10H2. The fourth-order valence-electron chi connectivity index (χ4n) is 3.66. The van der Waals surface area contributed by atoms with Crippen LogP contribution in [-0.2, 0) is 6.18 Å². The van der Waals surface area contributed by atoms with Gasteiger partial charge in [-0.1, -0.05) is 6.42 Å². The number of alkyl halides is 3. The molecule has 2 saturated heterocycles. The molecule has 1 aliphatic carbocycles. The lowest BCUT2D eigenvalue weighted by atomic mass is 9.93. The minimum Gasteiger partial charge on any atom is -0.368 e. The molecule has 2 heterocycles. The lowest BCUT2D eigenvalue weighted by Gasteiger charge is -2.39. The van der Waals surface area contributed by atoms with Gasteiger partial charge in [0.15, 0.2) is 0 Å². The zero-order valence-corrected chi connectivity index (χ0v) is 11.7. The molecule has 3 fully saturated rings. The Bertz CT molecular complexity index is 570. The van der Waals surface area contributed by atoms with E-state index in [0.29, 0.717) is 12.5 Å². The summed E-state index contributed by atoms with van der Waals surface area (Å²) in [5.41, 5.74) is -0.363. The first kappa shape index (κ1) is 14.2. The summed E-state index contributed by atoms with van der Waals surface area (Å²) in [5, 5.41) is 8.85. The number of rotatable bonds is 1. The minimum absolute atomic E-state index is 0.0612. The molecule has 1 aromatic carbocycles. The van der Waals surface area contributed by atoms with E-state index in [0.717, 1.165) is 38.2 Å². The number of halogens is 3. The first-order chi connectivity index (χ1) is 9.99. The molecule has 0 amide bonds. The van der Waals surface area contributed by atoms with Crippen molar-refractivity contribution in [1.29, 1.82) is 5.26 Å². The summed E-state index contributed by atoms with van der Waals surface area (Å²) in [5.74, 6) is 0.500. The second-order valence-corrected chi connectivity index (χ2v) is 6.02. The summed E-state index contributed by atoms with van der Waals surface area (Å²) in [4.78, 5) is 1.94. The quantitative estimate of drug-likeness (QED) is 0.770. The molecule has 5 heteroatoms. The van der Waals surface area contributed by atoms with Gasteiger partial charge in [0, 0.05) is 18.3 Å². The number of piperidine rings is 1. The molecular weight excluding hydrogens is 277 g/mol. The van der Waals surface area contributed by atoms with E-state index in [1.165, 1.54) is 12.1 Å². The predicted octanol–water partition coefficient (Wildman–Crippen LogP) is 4.35. The van der Waals surface area contributed by atoms with E-state index in [9.17, 15) is 13.2 Å². The SMILES string of the molecule is N#Cc1ccc(N2CC3CCCC2CC3)c(C(F)(F)F)c1. The molecule has 1 aromatic rings. The number of anilines is 1. The van der Waals surface area contributed by atoms with Crippen molar-refractivity contribution in [3.8, 4) is 6.07 Å². The maximum absolute atomic E-state index is 13.3. The zero-order chi connectivity index (χ0) is 15.0. The van der Waals surface area contributed by atoms with Gasteiger partial charge in [0.25, 0.3) is 0 Å². The average Bonchev–Trinajstić information content (AvgIpc) is 2.81. The first-order valence-corrected chi connectivity index (χ1v) is 7.37. The Morgan fingerprint density at radius 1 is 1.14 bits per heavy atom. The van der Waals surface area contributed by atoms with Gasteiger partial charge >= 0.3 is 6.18 Å². The third-order valence-corrected chi connectivity index (χ3v) is 4.69. The highest BCUT2D eigenvalue weighted by Crippen LogP contribution is 2.42. The van der Waals surface area contributed by atoms with Crippen molar-refractivity contribution in [2.75, 3.05) is 11.4 Å². The summed E-state index contributed by atoms with van der Waals surface area (Å²) in [7, 11) is 0. The van der Waals surface area contributed by atoms with Crippen molar-refractivity contribution in [2.24, 2.45) is 5.92 Å². The highest BCUT2D eigenvalue weighted by Gasteiger charge is 2.39. The van der Waals surface area contributed by atoms with E-state index in [1.807, 2.05) is 4.90 Å². The Morgan fingerprint density at radius 3 is 2.67 bits per heavy atom. The molecule has 112 valence electrons. The number of benzene rings is 1. The molecule has 4 rings (SSSR count). The van der Waals surface area contributed by atoms with Crippen LogP contribution in [0.1, 0.15) is 43.2 Å². The van der Waals surface area contributed by atoms with Crippen molar-refractivity contribution in [3.05, 3.63) is 29.3 Å². The van der Waals surface area contributed by atoms with Gasteiger partial charge in [-0.15, -0.1) is 0 Å². The van der Waals surface area contributed by atoms with Crippen molar-refractivity contribution in [1.82, 2.24) is 0 Å². The Hall–Kier alpha value is -1.70. The van der Waals surface area contributed by atoms with Crippen LogP contribution in [0.3, 0.4) is 0 Å². The van der Waals surface area contributed by atoms with Crippen LogP contribution in [-0.4, -0.2) is 12.6 Å². The second-order valence-electron chi connectivity index (χ2n) is 6.02. The fraction of sp³-hybridized carbons (Fsp3) is 0.562. The second kappa shape index (κ2) is 5.25.